The number of pyridine rings is 1. The standard InChI is InChI=1S/C20H21F2N5/c1-20(2,3)27-19-25-17(16-6-4-5-9-23-16)11-18(26-19)24-12-13-7-8-14(21)15(22)10-13/h4-11H,12H2,1-3H3,(H2,24,25,26,27). The Kier molecular flexibility index (Phi) is 5.30. The first-order chi connectivity index (χ1) is 12.8. The third-order valence-electron chi connectivity index (χ3n) is 3.60. The number of aromatic nitrogens is 3. The second kappa shape index (κ2) is 7.65. The largest absolute Gasteiger partial charge is 0.366 e. The Hall–Kier alpha value is -3.09. The van der Waals surface area contributed by atoms with Gasteiger partial charge in [-0.2, -0.15) is 4.98 Å². The fourth-order valence-electron chi connectivity index (χ4n) is 2.42. The first-order valence-corrected chi connectivity index (χ1v) is 8.57. The zero-order chi connectivity index (χ0) is 19.4. The van der Waals surface area contributed by atoms with Gasteiger partial charge >= 0.3 is 0 Å². The van der Waals surface area contributed by atoms with Gasteiger partial charge in [0.05, 0.1) is 11.4 Å². The van der Waals surface area contributed by atoms with E-state index in [-0.39, 0.29) is 5.54 Å². The van der Waals surface area contributed by atoms with Gasteiger partial charge in [0.1, 0.15) is 5.82 Å². The summed E-state index contributed by atoms with van der Waals surface area (Å²) in [4.78, 5) is 13.3. The second-order valence-corrected chi connectivity index (χ2v) is 7.15. The summed E-state index contributed by atoms with van der Waals surface area (Å²) < 4.78 is 26.5. The maximum atomic E-state index is 13.4. The van der Waals surface area contributed by atoms with E-state index in [1.54, 1.807) is 12.3 Å². The summed E-state index contributed by atoms with van der Waals surface area (Å²) >= 11 is 0. The molecule has 3 rings (SSSR count). The van der Waals surface area contributed by atoms with Crippen molar-refractivity contribution in [2.45, 2.75) is 32.9 Å². The highest BCUT2D eigenvalue weighted by atomic mass is 19.2. The van der Waals surface area contributed by atoms with Gasteiger partial charge in [0.25, 0.3) is 0 Å². The van der Waals surface area contributed by atoms with Crippen LogP contribution in [0.3, 0.4) is 0 Å². The molecule has 0 aliphatic heterocycles. The second-order valence-electron chi connectivity index (χ2n) is 7.15. The zero-order valence-corrected chi connectivity index (χ0v) is 15.4. The Morgan fingerprint density at radius 2 is 1.74 bits per heavy atom. The van der Waals surface area contributed by atoms with E-state index in [1.165, 1.54) is 6.07 Å². The number of benzene rings is 1. The summed E-state index contributed by atoms with van der Waals surface area (Å²) in [5, 5.41) is 6.38. The Balaban J connectivity index is 1.88. The molecule has 0 unspecified atom stereocenters. The average Bonchev–Trinajstić information content (AvgIpc) is 2.62. The number of nitrogens with zero attached hydrogens (tertiary/aromatic N) is 3. The van der Waals surface area contributed by atoms with Crippen LogP contribution in [0, 0.1) is 11.6 Å². The van der Waals surface area contributed by atoms with Crippen LogP contribution in [-0.4, -0.2) is 20.5 Å². The van der Waals surface area contributed by atoms with Gasteiger partial charge in [-0.1, -0.05) is 12.1 Å². The molecular weight excluding hydrogens is 348 g/mol. The summed E-state index contributed by atoms with van der Waals surface area (Å²) in [6.07, 6.45) is 1.70. The topological polar surface area (TPSA) is 62.7 Å². The van der Waals surface area contributed by atoms with Crippen LogP contribution in [0.25, 0.3) is 11.4 Å². The van der Waals surface area contributed by atoms with E-state index in [2.05, 4.69) is 25.6 Å². The van der Waals surface area contributed by atoms with Gasteiger partial charge in [0.15, 0.2) is 11.6 Å². The van der Waals surface area contributed by atoms with Crippen LogP contribution in [0.4, 0.5) is 20.5 Å². The molecule has 2 aromatic heterocycles. The minimum Gasteiger partial charge on any atom is -0.366 e. The molecular formula is C20H21F2N5. The molecule has 0 amide bonds. The number of anilines is 2. The fourth-order valence-corrected chi connectivity index (χ4v) is 2.42. The molecule has 3 aromatic rings. The van der Waals surface area contributed by atoms with Crippen LogP contribution >= 0.6 is 0 Å². The minimum absolute atomic E-state index is 0.222. The van der Waals surface area contributed by atoms with Crippen LogP contribution in [-0.2, 0) is 6.54 Å². The molecule has 5 nitrogen and oxygen atoms in total. The lowest BCUT2D eigenvalue weighted by atomic mass is 10.1. The highest BCUT2D eigenvalue weighted by molar-refractivity contribution is 5.61. The molecule has 0 saturated carbocycles. The molecule has 0 bridgehead atoms. The average molecular weight is 369 g/mol. The van der Waals surface area contributed by atoms with Gasteiger partial charge in [-0.05, 0) is 50.6 Å². The lowest BCUT2D eigenvalue weighted by Crippen LogP contribution is -2.27. The third-order valence-corrected chi connectivity index (χ3v) is 3.60. The fraction of sp³-hybridized carbons (Fsp3) is 0.250. The van der Waals surface area contributed by atoms with Crippen molar-refractivity contribution in [3.8, 4) is 11.4 Å². The Morgan fingerprint density at radius 3 is 2.41 bits per heavy atom. The van der Waals surface area contributed by atoms with Gasteiger partial charge in [-0.15, -0.1) is 0 Å². The number of nitrogens with one attached hydrogen (secondary N) is 2. The third kappa shape index (κ3) is 5.20. The summed E-state index contributed by atoms with van der Waals surface area (Å²) in [5.41, 5.74) is 1.76. The predicted molar refractivity (Wildman–Crippen MR) is 102 cm³/mol. The molecule has 0 aliphatic carbocycles. The SMILES string of the molecule is CC(C)(C)Nc1nc(NCc2ccc(F)c(F)c2)cc(-c2ccccn2)n1. The van der Waals surface area contributed by atoms with E-state index in [0.717, 1.165) is 12.1 Å². The monoisotopic (exact) mass is 369 g/mol. The van der Waals surface area contributed by atoms with E-state index in [1.807, 2.05) is 39.0 Å². The van der Waals surface area contributed by atoms with Gasteiger partial charge in [-0.25, -0.2) is 13.8 Å². The number of hydrogen-bond donors (Lipinski definition) is 2. The highest BCUT2D eigenvalue weighted by Crippen LogP contribution is 2.22. The van der Waals surface area contributed by atoms with Gasteiger partial charge < -0.3 is 10.6 Å². The van der Waals surface area contributed by atoms with Crippen LogP contribution in [0.15, 0.2) is 48.7 Å². The molecule has 1 aromatic carbocycles. The molecule has 2 heterocycles. The van der Waals surface area contributed by atoms with Crippen molar-refractivity contribution >= 4 is 11.8 Å². The molecule has 0 saturated heterocycles. The predicted octanol–water partition coefficient (Wildman–Crippen LogP) is 4.64. The summed E-state index contributed by atoms with van der Waals surface area (Å²) in [6.45, 7) is 6.33. The van der Waals surface area contributed by atoms with Crippen molar-refractivity contribution in [1.82, 2.24) is 15.0 Å². The van der Waals surface area contributed by atoms with Crippen LogP contribution < -0.4 is 10.6 Å². The molecule has 0 spiro atoms. The van der Waals surface area contributed by atoms with Crippen molar-refractivity contribution in [1.29, 1.82) is 0 Å². The lowest BCUT2D eigenvalue weighted by Gasteiger charge is -2.21. The van der Waals surface area contributed by atoms with Crippen molar-refractivity contribution in [2.75, 3.05) is 10.6 Å². The maximum Gasteiger partial charge on any atom is 0.225 e. The summed E-state index contributed by atoms with van der Waals surface area (Å²) in [5.74, 6) is -0.725. The minimum atomic E-state index is -0.874. The van der Waals surface area contributed by atoms with Gasteiger partial charge in [-0.3, -0.25) is 4.98 Å². The normalized spacial score (nSPS) is 11.3. The van der Waals surface area contributed by atoms with Crippen molar-refractivity contribution < 1.29 is 8.78 Å². The van der Waals surface area contributed by atoms with Crippen molar-refractivity contribution in [3.05, 3.63) is 65.9 Å². The quantitative estimate of drug-likeness (QED) is 0.686. The summed E-state index contributed by atoms with van der Waals surface area (Å²) in [7, 11) is 0. The Morgan fingerprint density at radius 1 is 0.926 bits per heavy atom. The van der Waals surface area contributed by atoms with E-state index >= 15 is 0 Å². The Labute approximate surface area is 156 Å². The summed E-state index contributed by atoms with van der Waals surface area (Å²) in [6, 6.07) is 11.2. The van der Waals surface area contributed by atoms with E-state index < -0.39 is 11.6 Å². The van der Waals surface area contributed by atoms with Crippen molar-refractivity contribution in [3.63, 3.8) is 0 Å². The molecule has 0 radical (unpaired) electrons. The number of halogens is 2. The number of rotatable bonds is 5. The van der Waals surface area contributed by atoms with Crippen LogP contribution in [0.1, 0.15) is 26.3 Å². The molecule has 7 heteroatoms. The molecule has 0 aliphatic rings. The zero-order valence-electron chi connectivity index (χ0n) is 15.4. The van der Waals surface area contributed by atoms with E-state index in [9.17, 15) is 8.78 Å². The smallest absolute Gasteiger partial charge is 0.225 e. The van der Waals surface area contributed by atoms with Crippen LogP contribution in [0.5, 0.6) is 0 Å². The maximum absolute atomic E-state index is 13.4. The molecule has 140 valence electrons. The molecule has 2 N–H and O–H groups in total. The first kappa shape index (κ1) is 18.7. The van der Waals surface area contributed by atoms with E-state index in [0.29, 0.717) is 35.3 Å². The Bertz CT molecular complexity index is 923. The number of hydrogen-bond acceptors (Lipinski definition) is 5. The molecule has 0 atom stereocenters. The van der Waals surface area contributed by atoms with Crippen molar-refractivity contribution in [2.24, 2.45) is 0 Å². The molecule has 0 fully saturated rings. The highest BCUT2D eigenvalue weighted by Gasteiger charge is 2.14. The van der Waals surface area contributed by atoms with Gasteiger partial charge in [0.2, 0.25) is 5.95 Å². The lowest BCUT2D eigenvalue weighted by molar-refractivity contribution is 0.507. The first-order valence-electron chi connectivity index (χ1n) is 8.57. The van der Waals surface area contributed by atoms with Gasteiger partial charge in [0, 0.05) is 24.3 Å². The van der Waals surface area contributed by atoms with Crippen LogP contribution in [0.2, 0.25) is 0 Å². The van der Waals surface area contributed by atoms with E-state index in [4.69, 9.17) is 0 Å². The molecule has 27 heavy (non-hydrogen) atoms.